The van der Waals surface area contributed by atoms with Crippen LogP contribution in [0.25, 0.3) is 0 Å². The number of nitrogens with zero attached hydrogens (tertiary/aromatic N) is 2. The maximum atomic E-state index is 3.66. The van der Waals surface area contributed by atoms with Crippen molar-refractivity contribution >= 4 is 5.69 Å². The highest BCUT2D eigenvalue weighted by Gasteiger charge is 2.24. The Balaban J connectivity index is 1.47. The van der Waals surface area contributed by atoms with Crippen molar-refractivity contribution in [1.82, 2.24) is 9.80 Å². The summed E-state index contributed by atoms with van der Waals surface area (Å²) in [5.74, 6) is 0. The second kappa shape index (κ2) is 5.93. The quantitative estimate of drug-likeness (QED) is 0.893. The largest absolute Gasteiger partial charge is 0.380 e. The van der Waals surface area contributed by atoms with Gasteiger partial charge in [0.25, 0.3) is 0 Å². The minimum absolute atomic E-state index is 0.607. The Morgan fingerprint density at radius 1 is 1.11 bits per heavy atom. The van der Waals surface area contributed by atoms with Crippen molar-refractivity contribution in [3.8, 4) is 0 Å². The van der Waals surface area contributed by atoms with Gasteiger partial charge in [0.1, 0.15) is 0 Å². The summed E-state index contributed by atoms with van der Waals surface area (Å²) in [4.78, 5) is 5.21. The summed E-state index contributed by atoms with van der Waals surface area (Å²) in [6.45, 7) is 9.67. The highest BCUT2D eigenvalue weighted by molar-refractivity contribution is 5.56. The molecule has 1 saturated heterocycles. The zero-order valence-corrected chi connectivity index (χ0v) is 11.9. The molecule has 3 heteroatoms. The lowest BCUT2D eigenvalue weighted by atomic mass is 10.1. The van der Waals surface area contributed by atoms with Gasteiger partial charge in [-0.2, -0.15) is 0 Å². The summed E-state index contributed by atoms with van der Waals surface area (Å²) >= 11 is 0. The third-order valence-corrected chi connectivity index (χ3v) is 4.33. The molecule has 2 aliphatic heterocycles. The Morgan fingerprint density at radius 2 is 1.84 bits per heavy atom. The van der Waals surface area contributed by atoms with Crippen LogP contribution in [0.3, 0.4) is 0 Å². The van der Waals surface area contributed by atoms with Crippen molar-refractivity contribution in [2.24, 2.45) is 0 Å². The summed E-state index contributed by atoms with van der Waals surface area (Å²) in [6, 6.07) is 9.33. The van der Waals surface area contributed by atoms with Gasteiger partial charge in [0, 0.05) is 44.5 Å². The van der Waals surface area contributed by atoms with Crippen LogP contribution in [0.1, 0.15) is 18.9 Å². The number of benzene rings is 1. The van der Waals surface area contributed by atoms with Gasteiger partial charge in [-0.15, -0.1) is 0 Å². The molecule has 2 aliphatic rings. The van der Waals surface area contributed by atoms with Crippen LogP contribution in [0.4, 0.5) is 5.69 Å². The number of hydrogen-bond acceptors (Lipinski definition) is 3. The smallest absolute Gasteiger partial charge is 0.0429 e. The van der Waals surface area contributed by atoms with Gasteiger partial charge in [-0.1, -0.05) is 25.1 Å². The summed E-state index contributed by atoms with van der Waals surface area (Å²) < 4.78 is 0. The average Bonchev–Trinajstić information content (AvgIpc) is 2.83. The fourth-order valence-electron chi connectivity index (χ4n) is 3.31. The molecule has 104 valence electrons. The maximum Gasteiger partial charge on any atom is 0.0429 e. The zero-order valence-electron chi connectivity index (χ0n) is 11.9. The molecule has 3 nitrogen and oxygen atoms in total. The van der Waals surface area contributed by atoms with Gasteiger partial charge >= 0.3 is 0 Å². The molecule has 1 unspecified atom stereocenters. The van der Waals surface area contributed by atoms with E-state index in [2.05, 4.69) is 46.3 Å². The van der Waals surface area contributed by atoms with Crippen LogP contribution >= 0.6 is 0 Å². The van der Waals surface area contributed by atoms with E-state index < -0.39 is 0 Å². The van der Waals surface area contributed by atoms with Gasteiger partial charge in [-0.25, -0.2) is 0 Å². The highest BCUT2D eigenvalue weighted by atomic mass is 15.3. The van der Waals surface area contributed by atoms with E-state index in [9.17, 15) is 0 Å². The van der Waals surface area contributed by atoms with E-state index in [1.54, 1.807) is 0 Å². The van der Waals surface area contributed by atoms with Crippen LogP contribution in [-0.2, 0) is 6.42 Å². The Hall–Kier alpha value is -1.06. The number of fused-ring (bicyclic) bond motifs is 1. The minimum Gasteiger partial charge on any atom is -0.380 e. The molecule has 3 rings (SSSR count). The highest BCUT2D eigenvalue weighted by Crippen LogP contribution is 2.25. The first-order valence-corrected chi connectivity index (χ1v) is 7.64. The van der Waals surface area contributed by atoms with Crippen LogP contribution in [0.15, 0.2) is 24.3 Å². The average molecular weight is 259 g/mol. The molecule has 0 bridgehead atoms. The first-order valence-electron chi connectivity index (χ1n) is 7.64. The summed E-state index contributed by atoms with van der Waals surface area (Å²) in [5, 5.41) is 3.66. The van der Waals surface area contributed by atoms with E-state index >= 15 is 0 Å². The van der Waals surface area contributed by atoms with E-state index in [4.69, 9.17) is 0 Å². The maximum absolute atomic E-state index is 3.66. The molecular formula is C16H25N3. The summed E-state index contributed by atoms with van der Waals surface area (Å²) in [5.41, 5.74) is 2.83. The number of anilines is 1. The SMILES string of the molecule is CCCN1CCN(CC2Cc3ccccc3N2)CC1. The van der Waals surface area contributed by atoms with E-state index in [1.165, 1.54) is 63.4 Å². The van der Waals surface area contributed by atoms with Crippen molar-refractivity contribution in [2.45, 2.75) is 25.8 Å². The second-order valence-corrected chi connectivity index (χ2v) is 5.84. The van der Waals surface area contributed by atoms with Gasteiger partial charge in [-0.05, 0) is 31.0 Å². The van der Waals surface area contributed by atoms with Crippen LogP contribution < -0.4 is 5.32 Å². The lowest BCUT2D eigenvalue weighted by Gasteiger charge is -2.35. The number of piperazine rings is 1. The first-order chi connectivity index (χ1) is 9.35. The fraction of sp³-hybridized carbons (Fsp3) is 0.625. The van der Waals surface area contributed by atoms with Gasteiger partial charge in [0.05, 0.1) is 0 Å². The fourth-order valence-corrected chi connectivity index (χ4v) is 3.31. The summed E-state index contributed by atoms with van der Waals surface area (Å²) in [7, 11) is 0. The molecule has 0 aromatic heterocycles. The standard InChI is InChI=1S/C16H25N3/c1-2-7-18-8-10-19(11-9-18)13-15-12-14-5-3-4-6-16(14)17-15/h3-6,15,17H,2,7-13H2,1H3. The van der Waals surface area contributed by atoms with Crippen molar-refractivity contribution < 1.29 is 0 Å². The molecular weight excluding hydrogens is 234 g/mol. The lowest BCUT2D eigenvalue weighted by Crippen LogP contribution is -2.49. The minimum atomic E-state index is 0.607. The molecule has 0 aliphatic carbocycles. The predicted octanol–water partition coefficient (Wildman–Crippen LogP) is 2.05. The number of rotatable bonds is 4. The van der Waals surface area contributed by atoms with Gasteiger partial charge in [0.15, 0.2) is 0 Å². The Morgan fingerprint density at radius 3 is 2.58 bits per heavy atom. The first kappa shape index (κ1) is 12.9. The molecule has 1 fully saturated rings. The number of hydrogen-bond donors (Lipinski definition) is 1. The molecule has 1 aromatic carbocycles. The molecule has 1 aromatic rings. The Bertz CT molecular complexity index is 385. The van der Waals surface area contributed by atoms with Gasteiger partial charge < -0.3 is 10.2 Å². The molecule has 1 atom stereocenters. The van der Waals surface area contributed by atoms with Crippen molar-refractivity contribution in [1.29, 1.82) is 0 Å². The number of nitrogens with one attached hydrogen (secondary N) is 1. The van der Waals surface area contributed by atoms with E-state index in [0.717, 1.165) is 0 Å². The second-order valence-electron chi connectivity index (χ2n) is 5.84. The molecule has 0 saturated carbocycles. The van der Waals surface area contributed by atoms with Crippen molar-refractivity contribution in [3.63, 3.8) is 0 Å². The van der Waals surface area contributed by atoms with Crippen molar-refractivity contribution in [2.75, 3.05) is 44.6 Å². The molecule has 0 spiro atoms. The topological polar surface area (TPSA) is 18.5 Å². The van der Waals surface area contributed by atoms with Gasteiger partial charge in [-0.3, -0.25) is 4.90 Å². The van der Waals surface area contributed by atoms with E-state index in [1.807, 2.05) is 0 Å². The van der Waals surface area contributed by atoms with Crippen LogP contribution in [0.5, 0.6) is 0 Å². The molecule has 19 heavy (non-hydrogen) atoms. The molecule has 0 radical (unpaired) electrons. The molecule has 0 amide bonds. The normalized spacial score (nSPS) is 24.2. The van der Waals surface area contributed by atoms with Gasteiger partial charge in [0.2, 0.25) is 0 Å². The van der Waals surface area contributed by atoms with Crippen molar-refractivity contribution in [3.05, 3.63) is 29.8 Å². The molecule has 2 heterocycles. The third kappa shape index (κ3) is 3.10. The Labute approximate surface area is 116 Å². The molecule has 1 N–H and O–H groups in total. The van der Waals surface area contributed by atoms with Crippen LogP contribution in [0.2, 0.25) is 0 Å². The third-order valence-electron chi connectivity index (χ3n) is 4.33. The zero-order chi connectivity index (χ0) is 13.1. The number of para-hydroxylation sites is 1. The Kier molecular flexibility index (Phi) is 4.04. The summed E-state index contributed by atoms with van der Waals surface area (Å²) in [6.07, 6.45) is 2.46. The predicted molar refractivity (Wildman–Crippen MR) is 80.7 cm³/mol. The lowest BCUT2D eigenvalue weighted by molar-refractivity contribution is 0.129. The van der Waals surface area contributed by atoms with Crippen LogP contribution in [-0.4, -0.2) is 55.1 Å². The van der Waals surface area contributed by atoms with Crippen LogP contribution in [0, 0.1) is 0 Å². The van der Waals surface area contributed by atoms with E-state index in [-0.39, 0.29) is 0 Å². The monoisotopic (exact) mass is 259 g/mol. The van der Waals surface area contributed by atoms with E-state index in [0.29, 0.717) is 6.04 Å².